The van der Waals surface area contributed by atoms with Crippen molar-refractivity contribution in [3.63, 3.8) is 0 Å². The maximum Gasteiger partial charge on any atom is 0.252 e. The lowest BCUT2D eigenvalue weighted by Crippen LogP contribution is -2.64. The van der Waals surface area contributed by atoms with E-state index in [-0.39, 0.29) is 30.4 Å². The number of alkyl halides is 2. The van der Waals surface area contributed by atoms with Crippen molar-refractivity contribution in [1.82, 2.24) is 0 Å². The van der Waals surface area contributed by atoms with Crippen LogP contribution in [0, 0.1) is 0 Å². The Morgan fingerprint density at radius 1 is 0.814 bits per heavy atom. The topological polar surface area (TPSA) is 6.48 Å². The van der Waals surface area contributed by atoms with E-state index in [1.54, 1.807) is 4.90 Å². The van der Waals surface area contributed by atoms with Gasteiger partial charge in [-0.25, -0.2) is 8.78 Å². The quantitative estimate of drug-likeness (QED) is 0.196. The number of benzene rings is 3. The van der Waals surface area contributed by atoms with Gasteiger partial charge in [0.2, 0.25) is 5.79 Å². The molecule has 0 amide bonds. The van der Waals surface area contributed by atoms with Gasteiger partial charge in [0, 0.05) is 48.0 Å². The van der Waals surface area contributed by atoms with Crippen LogP contribution in [-0.4, -0.2) is 18.5 Å². The third kappa shape index (κ3) is 3.10. The molecule has 0 N–H and O–H groups in total. The number of anilines is 4. The van der Waals surface area contributed by atoms with E-state index in [0.717, 1.165) is 63.0 Å². The minimum absolute atomic E-state index is 0.146. The summed E-state index contributed by atoms with van der Waals surface area (Å²) in [5.41, 5.74) is 7.49. The summed E-state index contributed by atoms with van der Waals surface area (Å²) in [5.74, 6) is -3.26. The number of nitrogens with zero attached hydrogens (tertiary/aromatic N) is 2. The van der Waals surface area contributed by atoms with E-state index < -0.39 is 23.4 Å². The summed E-state index contributed by atoms with van der Waals surface area (Å²) in [6.07, 6.45) is 4.72. The van der Waals surface area contributed by atoms with Crippen LogP contribution in [0.1, 0.15) is 124 Å². The van der Waals surface area contributed by atoms with Crippen LogP contribution >= 0.6 is 0 Å². The molecule has 222 valence electrons. The first-order valence-electron chi connectivity index (χ1n) is 17.6. The van der Waals surface area contributed by atoms with Crippen LogP contribution in [0.4, 0.5) is 31.5 Å². The summed E-state index contributed by atoms with van der Waals surface area (Å²) in [6.45, 7) is 12.9. The highest BCUT2D eigenvalue weighted by molar-refractivity contribution is 7.00. The lowest BCUT2D eigenvalue weighted by molar-refractivity contribution is -0.0615. The number of hydrogen-bond donors (Lipinski definition) is 0. The van der Waals surface area contributed by atoms with Crippen LogP contribution in [0.2, 0.25) is 0 Å². The molecule has 3 aromatic rings. The zero-order valence-corrected chi connectivity index (χ0v) is 26.4. The van der Waals surface area contributed by atoms with E-state index in [1.807, 2.05) is 18.2 Å². The molecule has 0 saturated heterocycles. The summed E-state index contributed by atoms with van der Waals surface area (Å²) in [7, 11) is 0. The molecule has 4 aliphatic heterocycles. The summed E-state index contributed by atoms with van der Waals surface area (Å²) in [4.78, 5) is 3.91. The molecule has 2 aliphatic carbocycles. The first-order chi connectivity index (χ1) is 21.1. The SMILES string of the molecule is [2H]C12CCCCC1([2H])N1c3cccc4c3B(c3cc(C(C)(C)C)cc2c31)c1cc(C(C)(C)C)cc2c1N4C1(F)CCCCC21F. The van der Waals surface area contributed by atoms with E-state index in [0.29, 0.717) is 36.9 Å². The number of fused-ring (bicyclic) bond motifs is 10. The van der Waals surface area contributed by atoms with Crippen LogP contribution in [0.5, 0.6) is 0 Å². The number of rotatable bonds is 0. The highest BCUT2D eigenvalue weighted by Crippen LogP contribution is 2.64. The van der Waals surface area contributed by atoms with Crippen LogP contribution < -0.4 is 26.2 Å². The Balaban J connectivity index is 1.45. The predicted octanol–water partition coefficient (Wildman–Crippen LogP) is 8.16. The molecule has 5 heteroatoms. The zero-order chi connectivity index (χ0) is 31.7. The Hall–Kier alpha value is -2.82. The van der Waals surface area contributed by atoms with Gasteiger partial charge in [-0.3, -0.25) is 0 Å². The molecule has 2 fully saturated rings. The van der Waals surface area contributed by atoms with Crippen molar-refractivity contribution in [3.05, 3.63) is 64.7 Å². The summed E-state index contributed by atoms with van der Waals surface area (Å²) < 4.78 is 55.8. The van der Waals surface area contributed by atoms with Crippen LogP contribution in [0.15, 0.2) is 42.5 Å². The Bertz CT molecular complexity index is 1720. The van der Waals surface area contributed by atoms with Crippen LogP contribution in [0.3, 0.4) is 0 Å². The molecule has 0 bridgehead atoms. The number of hydrogen-bond acceptors (Lipinski definition) is 2. The summed E-state index contributed by atoms with van der Waals surface area (Å²) in [6, 6.07) is 13.6. The van der Waals surface area contributed by atoms with Gasteiger partial charge in [-0.15, -0.1) is 0 Å². The van der Waals surface area contributed by atoms with E-state index in [4.69, 9.17) is 0 Å². The molecular weight excluding hydrogens is 533 g/mol. The van der Waals surface area contributed by atoms with Crippen molar-refractivity contribution in [2.45, 2.75) is 127 Å². The molecule has 0 aromatic heterocycles. The molecule has 4 atom stereocenters. The van der Waals surface area contributed by atoms with Gasteiger partial charge in [0.15, 0.2) is 5.67 Å². The summed E-state index contributed by atoms with van der Waals surface area (Å²) in [5, 5.41) is 0. The highest BCUT2D eigenvalue weighted by Gasteiger charge is 2.68. The fourth-order valence-electron chi connectivity index (χ4n) is 9.42. The second-order valence-corrected chi connectivity index (χ2v) is 16.1. The standard InChI is InChI=1S/C38H43BF2N2/c1-35(2,3)22-18-25-24-12-7-8-13-29(24)42-30-14-11-15-31-32(30)39(27(20-22)33(25)42)28-21-23(36(4,5)6)19-26-34(28)43(31)38(41)17-10-9-16-37(26,38)40/h11,14-15,18-21,24,29H,7-10,12-13,16-17H2,1-6H3/i24D,29D. The van der Waals surface area contributed by atoms with Gasteiger partial charge in [-0.05, 0) is 94.2 Å². The van der Waals surface area contributed by atoms with Crippen molar-refractivity contribution >= 4 is 45.9 Å². The van der Waals surface area contributed by atoms with Crippen LogP contribution in [-0.2, 0) is 16.5 Å². The third-order valence-electron chi connectivity index (χ3n) is 11.6. The Kier molecular flexibility index (Phi) is 4.59. The Morgan fingerprint density at radius 3 is 2.21 bits per heavy atom. The second-order valence-electron chi connectivity index (χ2n) is 16.1. The lowest BCUT2D eigenvalue weighted by atomic mass is 9.33. The molecule has 9 rings (SSSR count). The second kappa shape index (κ2) is 8.06. The molecule has 0 radical (unpaired) electrons. The number of halogens is 2. The maximum atomic E-state index is 17.9. The van der Waals surface area contributed by atoms with E-state index in [2.05, 4.69) is 70.7 Å². The molecule has 6 aliphatic rings. The van der Waals surface area contributed by atoms with Crippen molar-refractivity contribution in [2.75, 3.05) is 9.80 Å². The van der Waals surface area contributed by atoms with Crippen molar-refractivity contribution < 1.29 is 11.5 Å². The lowest BCUT2D eigenvalue weighted by Gasteiger charge is -2.48. The Labute approximate surface area is 258 Å². The van der Waals surface area contributed by atoms with Crippen molar-refractivity contribution in [3.8, 4) is 0 Å². The molecule has 4 heterocycles. The van der Waals surface area contributed by atoms with Gasteiger partial charge in [-0.1, -0.05) is 78.6 Å². The van der Waals surface area contributed by atoms with E-state index in [1.165, 1.54) is 0 Å². The minimum Gasteiger partial charge on any atom is -0.338 e. The van der Waals surface area contributed by atoms with Crippen molar-refractivity contribution in [2.24, 2.45) is 0 Å². The molecule has 0 spiro atoms. The van der Waals surface area contributed by atoms with Gasteiger partial charge in [0.05, 0.1) is 1.37 Å². The predicted molar refractivity (Wildman–Crippen MR) is 176 cm³/mol. The molecule has 4 unspecified atom stereocenters. The Morgan fingerprint density at radius 2 is 1.47 bits per heavy atom. The van der Waals surface area contributed by atoms with Gasteiger partial charge < -0.3 is 9.80 Å². The smallest absolute Gasteiger partial charge is 0.252 e. The third-order valence-corrected chi connectivity index (χ3v) is 11.6. The van der Waals surface area contributed by atoms with Gasteiger partial charge in [0.25, 0.3) is 6.71 Å². The zero-order valence-electron chi connectivity index (χ0n) is 28.4. The maximum absolute atomic E-state index is 17.9. The normalized spacial score (nSPS) is 33.7. The molecule has 3 aromatic carbocycles. The minimum atomic E-state index is -2.18. The van der Waals surface area contributed by atoms with Gasteiger partial charge in [0.1, 0.15) is 0 Å². The first-order valence-corrected chi connectivity index (χ1v) is 16.6. The average Bonchev–Trinajstić information content (AvgIpc) is 3.32. The average molecular weight is 579 g/mol. The summed E-state index contributed by atoms with van der Waals surface area (Å²) >= 11 is 0. The van der Waals surface area contributed by atoms with E-state index in [9.17, 15) is 2.74 Å². The monoisotopic (exact) mass is 578 g/mol. The van der Waals surface area contributed by atoms with Crippen LogP contribution in [0.25, 0.3) is 0 Å². The fourth-order valence-corrected chi connectivity index (χ4v) is 9.42. The highest BCUT2D eigenvalue weighted by atomic mass is 19.2. The molecular formula is C38H43BF2N2. The first kappa shape index (κ1) is 24.5. The van der Waals surface area contributed by atoms with Crippen molar-refractivity contribution in [1.29, 1.82) is 0 Å². The van der Waals surface area contributed by atoms with Gasteiger partial charge >= 0.3 is 0 Å². The van der Waals surface area contributed by atoms with Gasteiger partial charge in [-0.2, -0.15) is 0 Å². The molecule has 43 heavy (non-hydrogen) atoms. The van der Waals surface area contributed by atoms with E-state index >= 15 is 8.78 Å². The molecule has 2 nitrogen and oxygen atoms in total. The fraction of sp³-hybridized carbons (Fsp3) is 0.526. The largest absolute Gasteiger partial charge is 0.338 e. The molecule has 2 saturated carbocycles.